The molecule has 0 radical (unpaired) electrons. The lowest BCUT2D eigenvalue weighted by Gasteiger charge is -2.18. The summed E-state index contributed by atoms with van der Waals surface area (Å²) in [6.07, 6.45) is 6.75. The molecule has 0 saturated carbocycles. The molecule has 0 aliphatic carbocycles. The molecular formula is C16H10N4O. The van der Waals surface area contributed by atoms with Gasteiger partial charge in [-0.15, -0.1) is 0 Å². The topological polar surface area (TPSA) is 78.5 Å². The second-order valence-electron chi connectivity index (χ2n) is 4.45. The molecule has 1 aromatic carbocycles. The maximum atomic E-state index is 9.37. The molecule has 5 heteroatoms. The van der Waals surface area contributed by atoms with Crippen LogP contribution in [-0.4, -0.2) is 9.55 Å². The first-order valence-electron chi connectivity index (χ1n) is 6.28. The van der Waals surface area contributed by atoms with E-state index in [0.717, 1.165) is 5.56 Å². The number of hydrogen-bond acceptors (Lipinski definition) is 4. The van der Waals surface area contributed by atoms with Crippen LogP contribution >= 0.6 is 0 Å². The third-order valence-corrected chi connectivity index (χ3v) is 3.23. The number of hydrogen-bond donors (Lipinski definition) is 0. The zero-order valence-electron chi connectivity index (χ0n) is 11.0. The molecule has 100 valence electrons. The minimum absolute atomic E-state index is 0.287. The highest BCUT2D eigenvalue weighted by Crippen LogP contribution is 2.29. The molecule has 0 N–H and O–H groups in total. The predicted molar refractivity (Wildman–Crippen MR) is 74.0 cm³/mol. The summed E-state index contributed by atoms with van der Waals surface area (Å²) < 4.78 is 7.37. The third-order valence-electron chi connectivity index (χ3n) is 3.23. The molecule has 0 spiro atoms. The van der Waals surface area contributed by atoms with Gasteiger partial charge in [-0.2, -0.15) is 10.5 Å². The fraction of sp³-hybridized carbons (Fsp3) is 0.0625. The van der Waals surface area contributed by atoms with Crippen LogP contribution in [0, 0.1) is 22.7 Å². The Labute approximate surface area is 121 Å². The van der Waals surface area contributed by atoms with Gasteiger partial charge in [0.15, 0.2) is 0 Å². The summed E-state index contributed by atoms with van der Waals surface area (Å²) in [6.45, 7) is 0. The standard InChI is InChI=1S/C16H10N4O/c17-9-12-3-4-14(13(8-12)10-18)16(15-2-1-7-21-15)20-6-5-19-11-20/h1-8,11,16H. The number of benzene rings is 1. The van der Waals surface area contributed by atoms with Crippen LogP contribution in [0.15, 0.2) is 59.7 Å². The van der Waals surface area contributed by atoms with Crippen LogP contribution in [0.5, 0.6) is 0 Å². The van der Waals surface area contributed by atoms with Gasteiger partial charge in [0.1, 0.15) is 11.8 Å². The highest BCUT2D eigenvalue weighted by Gasteiger charge is 2.22. The van der Waals surface area contributed by atoms with Crippen molar-refractivity contribution in [3.63, 3.8) is 0 Å². The average Bonchev–Trinajstić information content (AvgIpc) is 3.21. The molecule has 0 bridgehead atoms. The van der Waals surface area contributed by atoms with Crippen molar-refractivity contribution < 1.29 is 4.42 Å². The maximum Gasteiger partial charge on any atom is 0.131 e. The van der Waals surface area contributed by atoms with Crippen molar-refractivity contribution in [2.45, 2.75) is 6.04 Å². The van der Waals surface area contributed by atoms with Gasteiger partial charge < -0.3 is 8.98 Å². The molecule has 2 aromatic heterocycles. The van der Waals surface area contributed by atoms with Crippen molar-refractivity contribution in [3.05, 3.63) is 77.8 Å². The summed E-state index contributed by atoms with van der Waals surface area (Å²) in [5.74, 6) is 0.703. The third kappa shape index (κ3) is 2.29. The number of rotatable bonds is 3. The van der Waals surface area contributed by atoms with E-state index in [1.807, 2.05) is 22.9 Å². The van der Waals surface area contributed by atoms with Gasteiger partial charge >= 0.3 is 0 Å². The Morgan fingerprint density at radius 1 is 1.19 bits per heavy atom. The first-order valence-corrected chi connectivity index (χ1v) is 6.28. The van der Waals surface area contributed by atoms with E-state index >= 15 is 0 Å². The van der Waals surface area contributed by atoms with E-state index in [2.05, 4.69) is 11.1 Å². The van der Waals surface area contributed by atoms with Crippen molar-refractivity contribution in [2.75, 3.05) is 0 Å². The van der Waals surface area contributed by atoms with Gasteiger partial charge in [0.25, 0.3) is 0 Å². The number of nitrogens with zero attached hydrogens (tertiary/aromatic N) is 4. The van der Waals surface area contributed by atoms with Gasteiger partial charge in [0.05, 0.1) is 35.9 Å². The van der Waals surface area contributed by atoms with E-state index in [0.29, 0.717) is 16.9 Å². The average molecular weight is 274 g/mol. The van der Waals surface area contributed by atoms with Gasteiger partial charge in [0.2, 0.25) is 0 Å². The second kappa shape index (κ2) is 5.36. The first kappa shape index (κ1) is 12.7. The van der Waals surface area contributed by atoms with Crippen molar-refractivity contribution in [3.8, 4) is 12.1 Å². The normalized spacial score (nSPS) is 11.5. The van der Waals surface area contributed by atoms with E-state index in [4.69, 9.17) is 9.68 Å². The summed E-state index contributed by atoms with van der Waals surface area (Å²) in [5.41, 5.74) is 1.67. The Morgan fingerprint density at radius 2 is 2.10 bits per heavy atom. The van der Waals surface area contributed by atoms with Crippen LogP contribution in [0.4, 0.5) is 0 Å². The Bertz CT molecular complexity index is 786. The molecule has 0 amide bonds. The predicted octanol–water partition coefficient (Wildman–Crippen LogP) is 2.86. The summed E-state index contributed by atoms with van der Waals surface area (Å²) in [4.78, 5) is 4.05. The SMILES string of the molecule is N#Cc1ccc(C(c2ccco2)n2ccnc2)c(C#N)c1. The highest BCUT2D eigenvalue weighted by molar-refractivity contribution is 5.48. The van der Waals surface area contributed by atoms with Crippen LogP contribution in [0.1, 0.15) is 28.5 Å². The number of furan rings is 1. The van der Waals surface area contributed by atoms with E-state index in [-0.39, 0.29) is 6.04 Å². The Morgan fingerprint density at radius 3 is 2.71 bits per heavy atom. The monoisotopic (exact) mass is 274 g/mol. The minimum Gasteiger partial charge on any atom is -0.467 e. The molecule has 0 aliphatic heterocycles. The van der Waals surface area contributed by atoms with Crippen LogP contribution in [0.2, 0.25) is 0 Å². The van der Waals surface area contributed by atoms with Crippen LogP contribution in [-0.2, 0) is 0 Å². The van der Waals surface area contributed by atoms with E-state index < -0.39 is 0 Å². The molecule has 3 rings (SSSR count). The van der Waals surface area contributed by atoms with Crippen LogP contribution < -0.4 is 0 Å². The number of aromatic nitrogens is 2. The maximum absolute atomic E-state index is 9.37. The van der Waals surface area contributed by atoms with Gasteiger partial charge in [-0.3, -0.25) is 0 Å². The van der Waals surface area contributed by atoms with Crippen LogP contribution in [0.25, 0.3) is 0 Å². The fourth-order valence-electron chi connectivity index (χ4n) is 2.29. The first-order chi connectivity index (χ1) is 10.3. The molecule has 21 heavy (non-hydrogen) atoms. The second-order valence-corrected chi connectivity index (χ2v) is 4.45. The van der Waals surface area contributed by atoms with E-state index in [9.17, 15) is 5.26 Å². The van der Waals surface area contributed by atoms with Gasteiger partial charge in [-0.25, -0.2) is 4.98 Å². The van der Waals surface area contributed by atoms with Crippen molar-refractivity contribution >= 4 is 0 Å². The quantitative estimate of drug-likeness (QED) is 0.735. The number of imidazole rings is 1. The minimum atomic E-state index is -0.287. The summed E-state index contributed by atoms with van der Waals surface area (Å²) in [7, 11) is 0. The molecule has 5 nitrogen and oxygen atoms in total. The Balaban J connectivity index is 2.19. The van der Waals surface area contributed by atoms with Crippen molar-refractivity contribution in [2.24, 2.45) is 0 Å². The summed E-state index contributed by atoms with van der Waals surface area (Å²) in [5, 5.41) is 18.3. The van der Waals surface area contributed by atoms with Gasteiger partial charge in [-0.1, -0.05) is 6.07 Å². The largest absolute Gasteiger partial charge is 0.467 e. The smallest absolute Gasteiger partial charge is 0.131 e. The Hall–Kier alpha value is -3.31. The zero-order valence-corrected chi connectivity index (χ0v) is 11.0. The van der Waals surface area contributed by atoms with Crippen LogP contribution in [0.3, 0.4) is 0 Å². The van der Waals surface area contributed by atoms with Gasteiger partial charge in [-0.05, 0) is 24.3 Å². The van der Waals surface area contributed by atoms with Gasteiger partial charge in [0, 0.05) is 18.0 Å². The Kier molecular flexibility index (Phi) is 3.24. The van der Waals surface area contributed by atoms with Crippen molar-refractivity contribution in [1.29, 1.82) is 10.5 Å². The molecule has 0 saturated heterocycles. The lowest BCUT2D eigenvalue weighted by atomic mass is 9.97. The van der Waals surface area contributed by atoms with Crippen molar-refractivity contribution in [1.82, 2.24) is 9.55 Å². The van der Waals surface area contributed by atoms with E-state index in [1.165, 1.54) is 0 Å². The lowest BCUT2D eigenvalue weighted by molar-refractivity contribution is 0.460. The number of nitriles is 2. The summed E-state index contributed by atoms with van der Waals surface area (Å²) >= 11 is 0. The molecule has 2 heterocycles. The molecule has 0 aliphatic rings. The molecule has 3 aromatic rings. The lowest BCUT2D eigenvalue weighted by Crippen LogP contribution is -2.11. The zero-order chi connectivity index (χ0) is 14.7. The molecular weight excluding hydrogens is 264 g/mol. The fourth-order valence-corrected chi connectivity index (χ4v) is 2.29. The summed E-state index contributed by atoms with van der Waals surface area (Å²) in [6, 6.07) is 12.6. The molecule has 0 fully saturated rings. The highest BCUT2D eigenvalue weighted by atomic mass is 16.3. The molecule has 1 atom stereocenters. The van der Waals surface area contributed by atoms with E-state index in [1.54, 1.807) is 43.1 Å². The molecule has 1 unspecified atom stereocenters.